The van der Waals surface area contributed by atoms with E-state index < -0.39 is 0 Å². The Hall–Kier alpha value is -1.21. The molecule has 1 aromatic heterocycles. The summed E-state index contributed by atoms with van der Waals surface area (Å²) in [5, 5.41) is 9.93. The first-order valence-electron chi connectivity index (χ1n) is 6.31. The molecule has 0 aliphatic carbocycles. The number of hydrogen-bond donors (Lipinski definition) is 0. The summed E-state index contributed by atoms with van der Waals surface area (Å²) in [6, 6.07) is 4.71. The Labute approximate surface area is 113 Å². The SMILES string of the molecule is Cc1cc(C)c(C#N)c(N2CCSC(C)C2C)n1. The molecule has 0 spiro atoms. The summed E-state index contributed by atoms with van der Waals surface area (Å²) in [6.07, 6.45) is 0. The standard InChI is InChI=1S/C14H19N3S/c1-9-7-10(2)16-14(13(9)8-15)17-5-6-18-12(4)11(17)3/h7,11-12H,5-6H2,1-4H3. The molecule has 2 rings (SSSR count). The number of nitriles is 1. The smallest absolute Gasteiger partial charge is 0.147 e. The Morgan fingerprint density at radius 2 is 2.17 bits per heavy atom. The molecule has 0 bridgehead atoms. The van der Waals surface area contributed by atoms with Crippen LogP contribution in [0.1, 0.15) is 30.7 Å². The summed E-state index contributed by atoms with van der Waals surface area (Å²) < 4.78 is 0. The van der Waals surface area contributed by atoms with Gasteiger partial charge in [-0.3, -0.25) is 0 Å². The second-order valence-electron chi connectivity index (χ2n) is 4.90. The van der Waals surface area contributed by atoms with Gasteiger partial charge in [0.1, 0.15) is 11.9 Å². The first-order chi connectivity index (χ1) is 8.54. The lowest BCUT2D eigenvalue weighted by Gasteiger charge is -2.39. The van der Waals surface area contributed by atoms with E-state index in [1.54, 1.807) is 0 Å². The normalized spacial score (nSPS) is 23.8. The van der Waals surface area contributed by atoms with Crippen LogP contribution in [-0.2, 0) is 0 Å². The number of aromatic nitrogens is 1. The first kappa shape index (κ1) is 13.2. The van der Waals surface area contributed by atoms with Crippen LogP contribution in [0.3, 0.4) is 0 Å². The number of thioether (sulfide) groups is 1. The van der Waals surface area contributed by atoms with E-state index in [-0.39, 0.29) is 0 Å². The number of nitrogens with zero attached hydrogens (tertiary/aromatic N) is 3. The molecule has 3 nitrogen and oxygen atoms in total. The van der Waals surface area contributed by atoms with Gasteiger partial charge in [-0.25, -0.2) is 4.98 Å². The van der Waals surface area contributed by atoms with Crippen LogP contribution >= 0.6 is 11.8 Å². The van der Waals surface area contributed by atoms with Gasteiger partial charge in [0.2, 0.25) is 0 Å². The highest BCUT2D eigenvalue weighted by molar-refractivity contribution is 8.00. The molecule has 1 aliphatic heterocycles. The summed E-state index contributed by atoms with van der Waals surface area (Å²) in [5.74, 6) is 1.97. The zero-order valence-electron chi connectivity index (χ0n) is 11.4. The molecule has 0 saturated carbocycles. The Kier molecular flexibility index (Phi) is 3.82. The van der Waals surface area contributed by atoms with Gasteiger partial charge in [-0.05, 0) is 32.4 Å². The maximum atomic E-state index is 9.35. The molecule has 2 heterocycles. The molecule has 0 aromatic carbocycles. The fourth-order valence-corrected chi connectivity index (χ4v) is 3.49. The minimum atomic E-state index is 0.421. The summed E-state index contributed by atoms with van der Waals surface area (Å²) in [7, 11) is 0. The van der Waals surface area contributed by atoms with Crippen molar-refractivity contribution in [1.29, 1.82) is 5.26 Å². The highest BCUT2D eigenvalue weighted by Crippen LogP contribution is 2.31. The van der Waals surface area contributed by atoms with Crippen LogP contribution in [0.2, 0.25) is 0 Å². The quantitative estimate of drug-likeness (QED) is 0.779. The minimum absolute atomic E-state index is 0.421. The molecule has 1 aliphatic rings. The second-order valence-corrected chi connectivity index (χ2v) is 6.39. The highest BCUT2D eigenvalue weighted by atomic mass is 32.2. The van der Waals surface area contributed by atoms with Crippen LogP contribution in [0, 0.1) is 25.2 Å². The predicted molar refractivity (Wildman–Crippen MR) is 77.2 cm³/mol. The lowest BCUT2D eigenvalue weighted by atomic mass is 10.1. The van der Waals surface area contributed by atoms with E-state index in [0.29, 0.717) is 11.3 Å². The molecule has 2 atom stereocenters. The molecule has 1 aromatic rings. The van der Waals surface area contributed by atoms with Crippen LogP contribution < -0.4 is 4.90 Å². The van der Waals surface area contributed by atoms with E-state index in [0.717, 1.165) is 34.9 Å². The molecule has 1 fully saturated rings. The minimum Gasteiger partial charge on any atom is -0.351 e. The number of anilines is 1. The maximum absolute atomic E-state index is 9.35. The zero-order valence-corrected chi connectivity index (χ0v) is 12.2. The topological polar surface area (TPSA) is 39.9 Å². The van der Waals surface area contributed by atoms with Crippen LogP contribution in [-0.4, -0.2) is 28.6 Å². The van der Waals surface area contributed by atoms with Crippen molar-refractivity contribution in [2.75, 3.05) is 17.2 Å². The molecule has 96 valence electrons. The van der Waals surface area contributed by atoms with Crippen molar-refractivity contribution in [2.45, 2.75) is 39.0 Å². The number of hydrogen-bond acceptors (Lipinski definition) is 4. The molecule has 1 saturated heterocycles. The van der Waals surface area contributed by atoms with E-state index in [4.69, 9.17) is 0 Å². The summed E-state index contributed by atoms with van der Waals surface area (Å²) in [6.45, 7) is 9.42. The average molecular weight is 261 g/mol. The van der Waals surface area contributed by atoms with Crippen LogP contribution in [0.5, 0.6) is 0 Å². The Morgan fingerprint density at radius 3 is 2.83 bits per heavy atom. The van der Waals surface area contributed by atoms with Gasteiger partial charge in [-0.1, -0.05) is 6.92 Å². The number of aryl methyl sites for hydroxylation is 2. The van der Waals surface area contributed by atoms with Crippen molar-refractivity contribution >= 4 is 17.6 Å². The lowest BCUT2D eigenvalue weighted by Crippen LogP contribution is -2.45. The van der Waals surface area contributed by atoms with Gasteiger partial charge in [-0.2, -0.15) is 17.0 Å². The van der Waals surface area contributed by atoms with Gasteiger partial charge in [-0.15, -0.1) is 0 Å². The van der Waals surface area contributed by atoms with E-state index >= 15 is 0 Å². The van der Waals surface area contributed by atoms with Gasteiger partial charge >= 0.3 is 0 Å². The van der Waals surface area contributed by atoms with Crippen LogP contribution in [0.25, 0.3) is 0 Å². The van der Waals surface area contributed by atoms with Crippen molar-refractivity contribution < 1.29 is 0 Å². The second kappa shape index (κ2) is 5.19. The van der Waals surface area contributed by atoms with E-state index in [1.807, 2.05) is 31.7 Å². The van der Waals surface area contributed by atoms with E-state index in [9.17, 15) is 5.26 Å². The van der Waals surface area contributed by atoms with Crippen LogP contribution in [0.15, 0.2) is 6.07 Å². The van der Waals surface area contributed by atoms with Gasteiger partial charge in [0.25, 0.3) is 0 Å². The monoisotopic (exact) mass is 261 g/mol. The maximum Gasteiger partial charge on any atom is 0.147 e. The molecular weight excluding hydrogens is 242 g/mol. The van der Waals surface area contributed by atoms with Crippen molar-refractivity contribution in [3.05, 3.63) is 22.9 Å². The van der Waals surface area contributed by atoms with Crippen molar-refractivity contribution in [3.8, 4) is 6.07 Å². The fourth-order valence-electron chi connectivity index (χ4n) is 2.40. The lowest BCUT2D eigenvalue weighted by molar-refractivity contribution is 0.619. The third-order valence-corrected chi connectivity index (χ3v) is 4.93. The molecule has 0 amide bonds. The molecular formula is C14H19N3S. The van der Waals surface area contributed by atoms with E-state index in [1.165, 1.54) is 0 Å². The van der Waals surface area contributed by atoms with Gasteiger partial charge < -0.3 is 4.90 Å². The van der Waals surface area contributed by atoms with Gasteiger partial charge in [0.05, 0.1) is 5.56 Å². The predicted octanol–water partition coefficient (Wildman–Crippen LogP) is 2.90. The molecule has 4 heteroatoms. The molecule has 0 N–H and O–H groups in total. The number of rotatable bonds is 1. The Bertz CT molecular complexity index is 493. The summed E-state index contributed by atoms with van der Waals surface area (Å²) in [5.41, 5.74) is 2.74. The molecule has 2 unspecified atom stereocenters. The van der Waals surface area contributed by atoms with Crippen LogP contribution in [0.4, 0.5) is 5.82 Å². The third-order valence-electron chi connectivity index (χ3n) is 3.59. The fraction of sp³-hybridized carbons (Fsp3) is 0.571. The highest BCUT2D eigenvalue weighted by Gasteiger charge is 2.28. The van der Waals surface area contributed by atoms with Crippen molar-refractivity contribution in [3.63, 3.8) is 0 Å². The van der Waals surface area contributed by atoms with Crippen molar-refractivity contribution in [1.82, 2.24) is 4.98 Å². The van der Waals surface area contributed by atoms with E-state index in [2.05, 4.69) is 29.8 Å². The first-order valence-corrected chi connectivity index (χ1v) is 7.36. The molecule has 18 heavy (non-hydrogen) atoms. The van der Waals surface area contributed by atoms with Crippen molar-refractivity contribution in [2.24, 2.45) is 0 Å². The van der Waals surface area contributed by atoms with Gasteiger partial charge in [0, 0.05) is 29.3 Å². The zero-order chi connectivity index (χ0) is 13.3. The molecule has 0 radical (unpaired) electrons. The Balaban J connectivity index is 2.47. The summed E-state index contributed by atoms with van der Waals surface area (Å²) in [4.78, 5) is 6.90. The largest absolute Gasteiger partial charge is 0.351 e. The number of pyridine rings is 1. The Morgan fingerprint density at radius 1 is 1.44 bits per heavy atom. The summed E-state index contributed by atoms with van der Waals surface area (Å²) >= 11 is 1.99. The van der Waals surface area contributed by atoms with Gasteiger partial charge in [0.15, 0.2) is 0 Å². The third kappa shape index (κ3) is 2.32. The average Bonchev–Trinajstić information content (AvgIpc) is 2.32.